The zero-order valence-corrected chi connectivity index (χ0v) is 54.1. The van der Waals surface area contributed by atoms with E-state index >= 15 is 17.6 Å². The summed E-state index contributed by atoms with van der Waals surface area (Å²) in [6.45, 7) is 15.2. The first-order valence-corrected chi connectivity index (χ1v) is 33.2. The largest absolute Gasteiger partial charge is 0.491 e. The number of aromatic nitrogens is 2. The number of aryl methyl sites for hydroxylation is 1. The Morgan fingerprint density at radius 1 is 0.865 bits per heavy atom. The van der Waals surface area contributed by atoms with E-state index in [2.05, 4.69) is 20.6 Å². The molecule has 2 aromatic heterocycles. The number of rotatable bonds is 26. The van der Waals surface area contributed by atoms with Crippen molar-refractivity contribution >= 4 is 58.7 Å². The molecule has 3 aliphatic rings. The number of hydrogen-bond acceptors (Lipinski definition) is 12. The van der Waals surface area contributed by atoms with Gasteiger partial charge in [0.1, 0.15) is 43.1 Å². The average Bonchev–Trinajstić information content (AvgIpc) is 1.73. The summed E-state index contributed by atoms with van der Waals surface area (Å²) in [5.74, 6) is -5.82. The van der Waals surface area contributed by atoms with Crippen molar-refractivity contribution in [3.05, 3.63) is 161 Å². The molecule has 2 unspecified atom stereocenters. The summed E-state index contributed by atoms with van der Waals surface area (Å²) in [5.41, 5.74) is 3.98. The number of nitrogens with one attached hydrogen (secondary N) is 3. The van der Waals surface area contributed by atoms with Gasteiger partial charge in [-0.3, -0.25) is 19.3 Å². The zero-order valence-electron chi connectivity index (χ0n) is 52.3. The molecule has 0 radical (unpaired) electrons. The summed E-state index contributed by atoms with van der Waals surface area (Å²) in [6, 6.07) is 30.8. The fraction of sp³-hybridized carbons (Fsp3) is 0.471. The molecule has 4 N–H and O–H groups in total. The second kappa shape index (κ2) is 28.3. The van der Waals surface area contributed by atoms with Crippen LogP contribution in [0.15, 0.2) is 138 Å². The summed E-state index contributed by atoms with van der Waals surface area (Å²) < 4.78 is 98.1. The number of aromatic amines is 1. The zero-order chi connectivity index (χ0) is 63.9. The molecule has 89 heavy (non-hydrogen) atoms. The number of allylic oxidation sites excluding steroid dienone is 2. The maximum atomic E-state index is 17.2. The number of aliphatic hydroxyl groups excluding tert-OH is 1. The Balaban J connectivity index is 0.735. The predicted molar refractivity (Wildman–Crippen MR) is 340 cm³/mol. The minimum absolute atomic E-state index is 0.0488. The molecule has 1 fully saturated rings. The van der Waals surface area contributed by atoms with Gasteiger partial charge in [0.2, 0.25) is 17.7 Å². The molecule has 9 rings (SSSR count). The number of ether oxygens (including phenoxy) is 4. The quantitative estimate of drug-likeness (QED) is 0.0231. The molecule has 21 heteroatoms. The number of amides is 3. The maximum Gasteiger partial charge on any atom is 0.282 e. The van der Waals surface area contributed by atoms with E-state index in [1.165, 1.54) is 17.9 Å². The predicted octanol–water partition coefficient (Wildman–Crippen LogP) is 10.1. The molecule has 6 aromatic rings. The van der Waals surface area contributed by atoms with Crippen LogP contribution in [-0.4, -0.2) is 153 Å². The first kappa shape index (κ1) is 66.8. The lowest BCUT2D eigenvalue weighted by atomic mass is 9.69. The number of likely N-dealkylation sites (tertiary alicyclic amines) is 1. The number of alkyl halides is 3. The number of β-amino-alcohol motifs (C(OH)–C–C–N with tert-alkyl or cyclic N) is 1. The number of para-hydroxylation sites is 1. The number of carbonyl (C=O) groups excluding carboxylic acids is 3. The van der Waals surface area contributed by atoms with Crippen LogP contribution in [0.1, 0.15) is 90.4 Å². The van der Waals surface area contributed by atoms with E-state index in [-0.39, 0.29) is 71.5 Å². The Morgan fingerprint density at radius 3 is 2.09 bits per heavy atom. The molecule has 0 spiro atoms. The summed E-state index contributed by atoms with van der Waals surface area (Å²) in [7, 11) is -3.38. The number of halogens is 4. The Bertz CT molecular complexity index is 3410. The highest BCUT2D eigenvalue weighted by Gasteiger charge is 2.57. The minimum atomic E-state index is -3.46. The summed E-state index contributed by atoms with van der Waals surface area (Å²) in [4.78, 5) is 52.4. The summed E-state index contributed by atoms with van der Waals surface area (Å²) in [5, 5.41) is 18.3. The van der Waals surface area contributed by atoms with Gasteiger partial charge in [-0.15, -0.1) is 11.3 Å². The van der Waals surface area contributed by atoms with E-state index < -0.39 is 103 Å². The molecule has 0 bridgehead atoms. The van der Waals surface area contributed by atoms with Gasteiger partial charge in [-0.1, -0.05) is 145 Å². The molecule has 7 atom stereocenters. The van der Waals surface area contributed by atoms with Crippen molar-refractivity contribution < 1.29 is 60.4 Å². The van der Waals surface area contributed by atoms with Gasteiger partial charge in [-0.25, -0.2) is 22.5 Å². The van der Waals surface area contributed by atoms with Crippen LogP contribution in [0.5, 0.6) is 0 Å². The van der Waals surface area contributed by atoms with Crippen molar-refractivity contribution in [1.29, 1.82) is 0 Å². The molecule has 15 nitrogen and oxygen atoms in total. The van der Waals surface area contributed by atoms with Crippen LogP contribution in [-0.2, 0) is 50.7 Å². The average molecular weight is 1270 g/mol. The Hall–Kier alpha value is -6.56. The number of fused-ring (bicyclic) bond motifs is 3. The highest BCUT2D eigenvalue weighted by molar-refractivity contribution is 7.13. The topological polar surface area (TPSA) is 177 Å². The number of thiazole rings is 1. The van der Waals surface area contributed by atoms with Crippen molar-refractivity contribution in [2.45, 2.75) is 129 Å². The van der Waals surface area contributed by atoms with Crippen LogP contribution in [0.25, 0.3) is 21.3 Å². The number of aliphatic hydroxyl groups is 1. The van der Waals surface area contributed by atoms with E-state index in [9.17, 15) is 19.5 Å². The second-order valence-electron chi connectivity index (χ2n) is 25.8. The lowest BCUT2D eigenvalue weighted by molar-refractivity contribution is -0.144. The molecular formula is C68H84F4N6O9SSi. The summed E-state index contributed by atoms with van der Waals surface area (Å²) >= 11 is 1.55. The van der Waals surface area contributed by atoms with Crippen LogP contribution < -0.4 is 21.0 Å². The highest BCUT2D eigenvalue weighted by atomic mass is 32.1. The normalized spacial score (nSPS) is 21.3. The Labute approximate surface area is 524 Å². The van der Waals surface area contributed by atoms with Gasteiger partial charge in [-0.2, -0.15) is 0 Å². The number of hydrogen-bond donors (Lipinski definition) is 4. The minimum Gasteiger partial charge on any atom is -0.491 e. The van der Waals surface area contributed by atoms with Crippen molar-refractivity contribution in [2.75, 3.05) is 65.9 Å². The lowest BCUT2D eigenvalue weighted by Crippen LogP contribution is -2.67. The third kappa shape index (κ3) is 15.1. The molecule has 1 saturated heterocycles. The first-order valence-electron chi connectivity index (χ1n) is 30.4. The fourth-order valence-corrected chi connectivity index (χ4v) is 18.0. The van der Waals surface area contributed by atoms with Gasteiger partial charge in [0.05, 0.1) is 79.8 Å². The SMILES string of the molecule is Cc1ncsc1-c1ccc(CNC(=O)[C@@H]2C[C@@H](O)CN2C(=O)[C@@H](NC(=O)COCCOCCOCCOC2=CC(F)C(C)([C@@H]3c4[nH]c5ccccc5c4C[C@@H](C)N3CC(F)(F)CO[Si](c3ccccc3)(c3ccccc3)C(C)(C)C)C(F)=C2)C(C)(C)C)cc1. The van der Waals surface area contributed by atoms with E-state index in [1.807, 2.05) is 144 Å². The van der Waals surface area contributed by atoms with Gasteiger partial charge in [0.15, 0.2) is 0 Å². The Morgan fingerprint density at radius 2 is 1.48 bits per heavy atom. The highest BCUT2D eigenvalue weighted by Crippen LogP contribution is 2.55. The van der Waals surface area contributed by atoms with Gasteiger partial charge in [-0.05, 0) is 76.9 Å². The van der Waals surface area contributed by atoms with Gasteiger partial charge in [0, 0.05) is 48.2 Å². The lowest BCUT2D eigenvalue weighted by Gasteiger charge is -2.51. The molecule has 0 saturated carbocycles. The molecule has 4 heterocycles. The van der Waals surface area contributed by atoms with Crippen LogP contribution >= 0.6 is 11.3 Å². The number of carbonyl (C=O) groups is 3. The van der Waals surface area contributed by atoms with Crippen LogP contribution in [0.3, 0.4) is 0 Å². The number of H-pyrrole nitrogens is 1. The Kier molecular flexibility index (Phi) is 21.3. The monoisotopic (exact) mass is 1260 g/mol. The molecule has 2 aliphatic heterocycles. The second-order valence-corrected chi connectivity index (χ2v) is 31.0. The number of benzene rings is 4. The molecule has 1 aliphatic carbocycles. The first-order chi connectivity index (χ1) is 42.3. The van der Waals surface area contributed by atoms with Crippen molar-refractivity contribution in [3.8, 4) is 10.4 Å². The van der Waals surface area contributed by atoms with E-state index in [0.717, 1.165) is 54.6 Å². The maximum absolute atomic E-state index is 17.2. The third-order valence-corrected chi connectivity index (χ3v) is 23.2. The van der Waals surface area contributed by atoms with Crippen molar-refractivity contribution in [1.82, 2.24) is 30.4 Å². The van der Waals surface area contributed by atoms with Crippen molar-refractivity contribution in [2.24, 2.45) is 10.8 Å². The van der Waals surface area contributed by atoms with Crippen LogP contribution in [0, 0.1) is 17.8 Å². The van der Waals surface area contributed by atoms with E-state index in [4.69, 9.17) is 23.4 Å². The molecular weight excluding hydrogens is 1180 g/mol. The number of nitrogens with zero attached hydrogens (tertiary/aromatic N) is 3. The molecule has 478 valence electrons. The van der Waals surface area contributed by atoms with Crippen molar-refractivity contribution in [3.63, 3.8) is 0 Å². The molecule has 3 amide bonds. The standard InChI is InChI=1S/C68H84F4N6O9SSi/c1-44-34-53-52-22-16-17-23-54(52)75-59(53)62(78(44)41-68(71,72)42-87-89(66(6,7)8,50-18-12-10-13-19-50)51-20-14-11-15-21-51)67(9)56(69)36-49(37-57(67)70)86-33-32-84-29-28-83-30-31-85-40-58(80)76-61(65(3,4)5)64(82)77-39-48(79)35-55(77)63(81)73-38-46-24-26-47(27-25-46)60-45(2)74-43-88-60/h10-27,36-37,43-44,48,55-56,61-62,75,79H,28-35,38-42H2,1-9H3,(H,73,81)(H,76,80)/t44-,48-,55+,56?,61-,62+,67?/m1/s1. The smallest absolute Gasteiger partial charge is 0.282 e. The van der Waals surface area contributed by atoms with E-state index in [1.54, 1.807) is 42.5 Å². The van der Waals surface area contributed by atoms with E-state index in [0.29, 0.717) is 12.1 Å². The van der Waals surface area contributed by atoms with Gasteiger partial charge in [0.25, 0.3) is 14.2 Å². The van der Waals surface area contributed by atoms with Gasteiger partial charge >= 0.3 is 0 Å². The van der Waals surface area contributed by atoms with Crippen LogP contribution in [0.2, 0.25) is 5.04 Å². The van der Waals surface area contributed by atoms with Crippen LogP contribution in [0.4, 0.5) is 17.6 Å². The fourth-order valence-electron chi connectivity index (χ4n) is 12.6. The third-order valence-electron chi connectivity index (χ3n) is 17.3. The summed E-state index contributed by atoms with van der Waals surface area (Å²) in [6.07, 6.45) is -0.155. The van der Waals surface area contributed by atoms with Gasteiger partial charge < -0.3 is 49.0 Å². The molecule has 4 aromatic carbocycles.